The zero-order chi connectivity index (χ0) is 38.0. The summed E-state index contributed by atoms with van der Waals surface area (Å²) in [5.74, 6) is 0. The zero-order valence-electron chi connectivity index (χ0n) is 31.5. The van der Waals surface area contributed by atoms with Crippen molar-refractivity contribution in [3.8, 4) is 55.6 Å². The molecule has 1 nitrogen and oxygen atoms in total. The summed E-state index contributed by atoms with van der Waals surface area (Å²) < 4.78 is 0. The Morgan fingerprint density at radius 3 is 1.26 bits per heavy atom. The summed E-state index contributed by atoms with van der Waals surface area (Å²) in [7, 11) is 0. The molecule has 0 saturated heterocycles. The number of benzene rings is 10. The zero-order valence-corrected chi connectivity index (χ0v) is 31.5. The predicted octanol–water partition coefficient (Wildman–Crippen LogP) is 15.8. The van der Waals surface area contributed by atoms with E-state index in [9.17, 15) is 0 Å². The number of nitrogens with zero attached hydrogens (tertiary/aromatic N) is 1. The van der Waals surface area contributed by atoms with Gasteiger partial charge in [0, 0.05) is 16.9 Å². The minimum absolute atomic E-state index is 1.09. The van der Waals surface area contributed by atoms with Gasteiger partial charge >= 0.3 is 0 Å². The Morgan fingerprint density at radius 2 is 0.667 bits per heavy atom. The number of anilines is 3. The molecule has 0 bridgehead atoms. The first-order valence-corrected chi connectivity index (χ1v) is 19.6. The molecule has 0 amide bonds. The second-order valence-corrected chi connectivity index (χ2v) is 14.5. The van der Waals surface area contributed by atoms with Gasteiger partial charge in [0.1, 0.15) is 0 Å². The average Bonchev–Trinajstić information content (AvgIpc) is 3.30. The highest BCUT2D eigenvalue weighted by Crippen LogP contribution is 2.48. The third kappa shape index (κ3) is 6.46. The third-order valence-electron chi connectivity index (χ3n) is 11.0. The molecule has 0 aliphatic rings. The molecule has 0 atom stereocenters. The van der Waals surface area contributed by atoms with Gasteiger partial charge in [-0.05, 0) is 108 Å². The maximum Gasteiger partial charge on any atom is 0.0540 e. The van der Waals surface area contributed by atoms with E-state index in [1.165, 1.54) is 66.1 Å². The van der Waals surface area contributed by atoms with E-state index in [2.05, 4.69) is 241 Å². The summed E-state index contributed by atoms with van der Waals surface area (Å²) in [6.07, 6.45) is 0. The molecule has 0 heterocycles. The Hall–Kier alpha value is -7.48. The lowest BCUT2D eigenvalue weighted by Crippen LogP contribution is -2.11. The molecule has 0 N–H and O–H groups in total. The van der Waals surface area contributed by atoms with Crippen molar-refractivity contribution in [3.63, 3.8) is 0 Å². The Balaban J connectivity index is 1.29. The molecule has 10 aromatic rings. The third-order valence-corrected chi connectivity index (χ3v) is 11.0. The minimum Gasteiger partial charge on any atom is -0.310 e. The highest BCUT2D eigenvalue weighted by atomic mass is 15.1. The van der Waals surface area contributed by atoms with Crippen molar-refractivity contribution in [1.82, 2.24) is 0 Å². The van der Waals surface area contributed by atoms with E-state index in [1.807, 2.05) is 0 Å². The Kier molecular flexibility index (Phi) is 8.95. The molecule has 0 fully saturated rings. The molecule has 0 aliphatic carbocycles. The fourth-order valence-electron chi connectivity index (χ4n) is 8.40. The van der Waals surface area contributed by atoms with E-state index in [0.717, 1.165) is 28.2 Å². The van der Waals surface area contributed by atoms with Crippen molar-refractivity contribution in [3.05, 3.63) is 237 Å². The Morgan fingerprint density at radius 1 is 0.228 bits per heavy atom. The second-order valence-electron chi connectivity index (χ2n) is 14.5. The van der Waals surface area contributed by atoms with Crippen LogP contribution in [0.1, 0.15) is 0 Å². The first-order valence-electron chi connectivity index (χ1n) is 19.6. The van der Waals surface area contributed by atoms with Crippen molar-refractivity contribution in [1.29, 1.82) is 0 Å². The summed E-state index contributed by atoms with van der Waals surface area (Å²) in [5.41, 5.74) is 15.2. The van der Waals surface area contributed by atoms with Crippen LogP contribution in [0.4, 0.5) is 17.1 Å². The van der Waals surface area contributed by atoms with Gasteiger partial charge in [-0.1, -0.05) is 200 Å². The molecule has 57 heavy (non-hydrogen) atoms. The standard InChI is InChI=1S/C56H39N/c1-6-19-40(20-7-1)45-29-18-30-47(37-45)57(54-36-33-46(41-21-8-2-9-22-41)38-52(54)42-23-10-3-11-24-42)48-34-35-50-49-31-16-17-32-51(49)55(43-25-12-4-13-26-43)56(53(50)39-48)44-27-14-5-15-28-44/h1-39H. The fourth-order valence-corrected chi connectivity index (χ4v) is 8.40. The highest BCUT2D eigenvalue weighted by molar-refractivity contribution is 6.22. The molecule has 0 aliphatic heterocycles. The van der Waals surface area contributed by atoms with E-state index >= 15 is 0 Å². The van der Waals surface area contributed by atoms with Crippen LogP contribution in [0, 0.1) is 0 Å². The first-order chi connectivity index (χ1) is 28.3. The molecular formula is C56H39N. The van der Waals surface area contributed by atoms with Gasteiger partial charge in [0.25, 0.3) is 0 Å². The smallest absolute Gasteiger partial charge is 0.0540 e. The van der Waals surface area contributed by atoms with Crippen LogP contribution in [0.15, 0.2) is 237 Å². The van der Waals surface area contributed by atoms with Crippen LogP contribution < -0.4 is 4.90 Å². The molecule has 0 radical (unpaired) electrons. The monoisotopic (exact) mass is 725 g/mol. The molecule has 0 saturated carbocycles. The highest BCUT2D eigenvalue weighted by Gasteiger charge is 2.22. The number of hydrogen-bond acceptors (Lipinski definition) is 1. The van der Waals surface area contributed by atoms with Gasteiger partial charge in [-0.3, -0.25) is 0 Å². The van der Waals surface area contributed by atoms with E-state index < -0.39 is 0 Å². The number of hydrogen-bond donors (Lipinski definition) is 0. The van der Waals surface area contributed by atoms with Crippen LogP contribution in [0.25, 0.3) is 77.2 Å². The van der Waals surface area contributed by atoms with Gasteiger partial charge in [0.2, 0.25) is 0 Å². The lowest BCUT2D eigenvalue weighted by molar-refractivity contribution is 1.29. The first kappa shape index (κ1) is 34.0. The average molecular weight is 726 g/mol. The maximum atomic E-state index is 2.45. The van der Waals surface area contributed by atoms with Crippen LogP contribution in [0.3, 0.4) is 0 Å². The summed E-state index contributed by atoms with van der Waals surface area (Å²) in [5, 5.41) is 4.93. The van der Waals surface area contributed by atoms with Crippen molar-refractivity contribution in [2.24, 2.45) is 0 Å². The van der Waals surface area contributed by atoms with Crippen LogP contribution >= 0.6 is 0 Å². The predicted molar refractivity (Wildman–Crippen MR) is 243 cm³/mol. The maximum absolute atomic E-state index is 2.45. The van der Waals surface area contributed by atoms with Crippen LogP contribution in [0.5, 0.6) is 0 Å². The molecule has 10 aromatic carbocycles. The van der Waals surface area contributed by atoms with Gasteiger partial charge in [0.05, 0.1) is 5.69 Å². The molecule has 1 heteroatoms. The van der Waals surface area contributed by atoms with E-state index in [1.54, 1.807) is 0 Å². The fraction of sp³-hybridized carbons (Fsp3) is 0. The molecule has 268 valence electrons. The summed E-state index contributed by atoms with van der Waals surface area (Å²) >= 11 is 0. The van der Waals surface area contributed by atoms with Crippen molar-refractivity contribution in [2.45, 2.75) is 0 Å². The molecule has 0 spiro atoms. The Labute approximate surface area is 334 Å². The summed E-state index contributed by atoms with van der Waals surface area (Å²) in [4.78, 5) is 2.45. The van der Waals surface area contributed by atoms with Gasteiger partial charge in [0.15, 0.2) is 0 Å². The molecule has 0 unspecified atom stereocenters. The van der Waals surface area contributed by atoms with E-state index in [-0.39, 0.29) is 0 Å². The normalized spacial score (nSPS) is 11.2. The SMILES string of the molecule is c1ccc(-c2cccc(N(c3ccc4c(c3)c(-c3ccccc3)c(-c3ccccc3)c3ccccc34)c3ccc(-c4ccccc4)cc3-c3ccccc3)c2)cc1. The second kappa shape index (κ2) is 15.0. The van der Waals surface area contributed by atoms with Crippen LogP contribution in [-0.4, -0.2) is 0 Å². The van der Waals surface area contributed by atoms with Gasteiger partial charge in [-0.15, -0.1) is 0 Å². The summed E-state index contributed by atoms with van der Waals surface area (Å²) in [6.45, 7) is 0. The summed E-state index contributed by atoms with van der Waals surface area (Å²) in [6, 6.07) is 85.7. The molecule has 0 aromatic heterocycles. The topological polar surface area (TPSA) is 3.24 Å². The van der Waals surface area contributed by atoms with Crippen LogP contribution in [0.2, 0.25) is 0 Å². The minimum atomic E-state index is 1.09. The van der Waals surface area contributed by atoms with Crippen LogP contribution in [-0.2, 0) is 0 Å². The van der Waals surface area contributed by atoms with E-state index in [4.69, 9.17) is 0 Å². The lowest BCUT2D eigenvalue weighted by Gasteiger charge is -2.29. The lowest BCUT2D eigenvalue weighted by atomic mass is 9.85. The van der Waals surface area contributed by atoms with Gasteiger partial charge < -0.3 is 4.90 Å². The van der Waals surface area contributed by atoms with Crippen molar-refractivity contribution in [2.75, 3.05) is 4.90 Å². The Bertz CT molecular complexity index is 2970. The number of rotatable bonds is 8. The van der Waals surface area contributed by atoms with Gasteiger partial charge in [-0.2, -0.15) is 0 Å². The molecular weight excluding hydrogens is 687 g/mol. The van der Waals surface area contributed by atoms with Gasteiger partial charge in [-0.25, -0.2) is 0 Å². The molecule has 10 rings (SSSR count). The van der Waals surface area contributed by atoms with Crippen molar-refractivity contribution >= 4 is 38.6 Å². The van der Waals surface area contributed by atoms with E-state index in [0.29, 0.717) is 0 Å². The van der Waals surface area contributed by atoms with Crippen molar-refractivity contribution < 1.29 is 0 Å². The largest absolute Gasteiger partial charge is 0.310 e. The number of fused-ring (bicyclic) bond motifs is 3. The quantitative estimate of drug-likeness (QED) is 0.141.